The van der Waals surface area contributed by atoms with Gasteiger partial charge in [-0.05, 0) is 31.5 Å². The summed E-state index contributed by atoms with van der Waals surface area (Å²) in [5.41, 5.74) is 0.301. The van der Waals surface area contributed by atoms with Crippen LogP contribution in [0.3, 0.4) is 0 Å². The van der Waals surface area contributed by atoms with Gasteiger partial charge < -0.3 is 10.4 Å². The third kappa shape index (κ3) is 1.57. The first kappa shape index (κ1) is 9.74. The van der Waals surface area contributed by atoms with Gasteiger partial charge >= 0.3 is 0 Å². The number of aromatic hydroxyl groups is 1. The van der Waals surface area contributed by atoms with Crippen LogP contribution in [-0.4, -0.2) is 11.7 Å². The number of hydrogen-bond donors (Lipinski definition) is 2. The number of benzene rings is 1. The van der Waals surface area contributed by atoms with Crippen molar-refractivity contribution in [2.75, 3.05) is 6.54 Å². The quantitative estimate of drug-likeness (QED) is 0.755. The predicted octanol–water partition coefficient (Wildman–Crippen LogP) is 2.61. The number of halogens is 2. The zero-order valence-electron chi connectivity index (χ0n) is 7.56. The smallest absolute Gasteiger partial charge is 0.141 e. The second-order valence-corrected chi connectivity index (χ2v) is 3.85. The zero-order valence-corrected chi connectivity index (χ0v) is 8.31. The van der Waals surface area contributed by atoms with E-state index in [9.17, 15) is 9.50 Å². The number of rotatable bonds is 1. The summed E-state index contributed by atoms with van der Waals surface area (Å²) in [6.07, 6.45) is 1.83. The highest BCUT2D eigenvalue weighted by Gasteiger charge is 2.24. The van der Waals surface area contributed by atoms with Gasteiger partial charge in [-0.25, -0.2) is 4.39 Å². The first-order chi connectivity index (χ1) is 6.70. The number of phenolic OH excluding ortho intramolecular Hbond substituents is 1. The minimum absolute atomic E-state index is 0.103. The molecule has 2 rings (SSSR count). The van der Waals surface area contributed by atoms with Gasteiger partial charge in [-0.15, -0.1) is 0 Å². The molecule has 0 bridgehead atoms. The van der Waals surface area contributed by atoms with Crippen molar-refractivity contribution in [3.63, 3.8) is 0 Å². The van der Waals surface area contributed by atoms with Gasteiger partial charge in [-0.1, -0.05) is 11.6 Å². The lowest BCUT2D eigenvalue weighted by Crippen LogP contribution is -2.14. The SMILES string of the molecule is Oc1c(Cl)ccc(F)c1[C@H]1CCCN1. The molecule has 0 aromatic heterocycles. The van der Waals surface area contributed by atoms with Crippen LogP contribution in [0.25, 0.3) is 0 Å². The highest BCUT2D eigenvalue weighted by molar-refractivity contribution is 6.32. The van der Waals surface area contributed by atoms with Gasteiger partial charge in [0, 0.05) is 11.6 Å². The molecule has 0 unspecified atom stereocenters. The minimum Gasteiger partial charge on any atom is -0.506 e. The maximum Gasteiger partial charge on any atom is 0.141 e. The monoisotopic (exact) mass is 215 g/mol. The first-order valence-corrected chi connectivity index (χ1v) is 4.98. The molecule has 2 nitrogen and oxygen atoms in total. The fourth-order valence-electron chi connectivity index (χ4n) is 1.82. The van der Waals surface area contributed by atoms with E-state index in [1.807, 2.05) is 0 Å². The Morgan fingerprint density at radius 3 is 2.93 bits per heavy atom. The first-order valence-electron chi connectivity index (χ1n) is 4.60. The lowest BCUT2D eigenvalue weighted by molar-refractivity contribution is 0.443. The average molecular weight is 216 g/mol. The van der Waals surface area contributed by atoms with Gasteiger partial charge in [0.2, 0.25) is 0 Å². The van der Waals surface area contributed by atoms with Crippen LogP contribution >= 0.6 is 11.6 Å². The Morgan fingerprint density at radius 1 is 1.50 bits per heavy atom. The third-order valence-corrected chi connectivity index (χ3v) is 2.83. The van der Waals surface area contributed by atoms with Crippen LogP contribution in [-0.2, 0) is 0 Å². The second kappa shape index (κ2) is 3.75. The van der Waals surface area contributed by atoms with Gasteiger partial charge in [-0.3, -0.25) is 0 Å². The van der Waals surface area contributed by atoms with E-state index in [1.54, 1.807) is 0 Å². The van der Waals surface area contributed by atoms with Crippen molar-refractivity contribution in [2.24, 2.45) is 0 Å². The van der Waals surface area contributed by atoms with Crippen LogP contribution in [0.15, 0.2) is 12.1 Å². The molecular formula is C10H11ClFNO. The molecule has 1 fully saturated rings. The number of phenols is 1. The van der Waals surface area contributed by atoms with E-state index in [0.717, 1.165) is 19.4 Å². The fourth-order valence-corrected chi connectivity index (χ4v) is 1.98. The van der Waals surface area contributed by atoms with E-state index in [-0.39, 0.29) is 16.8 Å². The molecule has 76 valence electrons. The lowest BCUT2D eigenvalue weighted by Gasteiger charge is -2.14. The summed E-state index contributed by atoms with van der Waals surface area (Å²) in [6.45, 7) is 0.857. The van der Waals surface area contributed by atoms with E-state index < -0.39 is 5.82 Å². The van der Waals surface area contributed by atoms with Crippen LogP contribution in [0.5, 0.6) is 5.75 Å². The Morgan fingerprint density at radius 2 is 2.29 bits per heavy atom. The summed E-state index contributed by atoms with van der Waals surface area (Å²) >= 11 is 5.72. The Hall–Kier alpha value is -0.800. The van der Waals surface area contributed by atoms with Crippen molar-refractivity contribution in [1.82, 2.24) is 5.32 Å². The van der Waals surface area contributed by atoms with Gasteiger partial charge in [0.15, 0.2) is 0 Å². The van der Waals surface area contributed by atoms with Gasteiger partial charge in [-0.2, -0.15) is 0 Å². The molecule has 0 amide bonds. The molecule has 1 aliphatic rings. The van der Waals surface area contributed by atoms with Crippen molar-refractivity contribution >= 4 is 11.6 Å². The minimum atomic E-state index is -0.397. The van der Waals surface area contributed by atoms with Crippen LogP contribution in [0.2, 0.25) is 5.02 Å². The molecule has 4 heteroatoms. The second-order valence-electron chi connectivity index (χ2n) is 3.44. The standard InChI is InChI=1S/C10H11ClFNO/c11-6-3-4-7(12)9(10(6)14)8-2-1-5-13-8/h3-4,8,13-14H,1-2,5H2/t8-/m1/s1. The summed E-state index contributed by atoms with van der Waals surface area (Å²) in [5.74, 6) is -0.530. The molecule has 1 aromatic carbocycles. The molecule has 2 N–H and O–H groups in total. The summed E-state index contributed by atoms with van der Waals surface area (Å²) < 4.78 is 13.4. The van der Waals surface area contributed by atoms with E-state index in [1.165, 1.54) is 12.1 Å². The summed E-state index contributed by atoms with van der Waals surface area (Å²) in [7, 11) is 0. The zero-order chi connectivity index (χ0) is 10.1. The molecule has 0 aliphatic carbocycles. The molecule has 1 saturated heterocycles. The Labute approximate surface area is 86.7 Å². The molecule has 0 saturated carbocycles. The summed E-state index contributed by atoms with van der Waals surface area (Å²) in [5, 5.41) is 13.0. The Bertz CT molecular complexity index is 350. The van der Waals surface area contributed by atoms with E-state index >= 15 is 0 Å². The average Bonchev–Trinajstić information content (AvgIpc) is 2.65. The highest BCUT2D eigenvalue weighted by Crippen LogP contribution is 2.36. The van der Waals surface area contributed by atoms with Crippen LogP contribution in [0, 0.1) is 5.82 Å². The largest absolute Gasteiger partial charge is 0.506 e. The van der Waals surface area contributed by atoms with Crippen molar-refractivity contribution < 1.29 is 9.50 Å². The van der Waals surface area contributed by atoms with Crippen molar-refractivity contribution in [1.29, 1.82) is 0 Å². The predicted molar refractivity (Wildman–Crippen MR) is 53.1 cm³/mol. The van der Waals surface area contributed by atoms with Crippen molar-refractivity contribution in [2.45, 2.75) is 18.9 Å². The topological polar surface area (TPSA) is 32.3 Å². The normalized spacial score (nSPS) is 21.4. The third-order valence-electron chi connectivity index (χ3n) is 2.52. The van der Waals surface area contributed by atoms with Crippen molar-refractivity contribution in [3.8, 4) is 5.75 Å². The molecule has 1 atom stereocenters. The highest BCUT2D eigenvalue weighted by atomic mass is 35.5. The maximum absolute atomic E-state index is 13.4. The van der Waals surface area contributed by atoms with Crippen LogP contribution in [0.4, 0.5) is 4.39 Å². The summed E-state index contributed by atoms with van der Waals surface area (Å²) in [6, 6.07) is 2.55. The molecule has 14 heavy (non-hydrogen) atoms. The summed E-state index contributed by atoms with van der Waals surface area (Å²) in [4.78, 5) is 0. The van der Waals surface area contributed by atoms with Crippen LogP contribution in [0.1, 0.15) is 24.4 Å². The molecule has 1 aliphatic heterocycles. The molecule has 1 heterocycles. The van der Waals surface area contributed by atoms with E-state index in [2.05, 4.69) is 5.32 Å². The van der Waals surface area contributed by atoms with Gasteiger partial charge in [0.05, 0.1) is 5.02 Å². The molecule has 0 radical (unpaired) electrons. The molecular weight excluding hydrogens is 205 g/mol. The Kier molecular flexibility index (Phi) is 2.61. The van der Waals surface area contributed by atoms with Gasteiger partial charge in [0.1, 0.15) is 11.6 Å². The van der Waals surface area contributed by atoms with E-state index in [4.69, 9.17) is 11.6 Å². The lowest BCUT2D eigenvalue weighted by atomic mass is 10.0. The number of hydrogen-bond acceptors (Lipinski definition) is 2. The van der Waals surface area contributed by atoms with Gasteiger partial charge in [0.25, 0.3) is 0 Å². The molecule has 1 aromatic rings. The van der Waals surface area contributed by atoms with Crippen LogP contribution < -0.4 is 5.32 Å². The number of nitrogens with one attached hydrogen (secondary N) is 1. The van der Waals surface area contributed by atoms with E-state index in [0.29, 0.717) is 5.56 Å². The fraction of sp³-hybridized carbons (Fsp3) is 0.400. The maximum atomic E-state index is 13.4. The Balaban J connectivity index is 2.44. The molecule has 0 spiro atoms. The van der Waals surface area contributed by atoms with Crippen molar-refractivity contribution in [3.05, 3.63) is 28.5 Å².